The van der Waals surface area contributed by atoms with Crippen molar-refractivity contribution in [2.75, 3.05) is 4.72 Å². The van der Waals surface area contributed by atoms with Crippen molar-refractivity contribution in [2.45, 2.75) is 25.3 Å². The number of hydrogen-bond donors (Lipinski definition) is 1. The minimum absolute atomic E-state index is 0.0103. The molecule has 27 heavy (non-hydrogen) atoms. The van der Waals surface area contributed by atoms with E-state index in [1.807, 2.05) is 6.07 Å². The maximum Gasteiger partial charge on any atom is 0.263 e. The van der Waals surface area contributed by atoms with E-state index in [0.717, 1.165) is 5.56 Å². The van der Waals surface area contributed by atoms with Gasteiger partial charge in [0.1, 0.15) is 10.8 Å². The van der Waals surface area contributed by atoms with Crippen LogP contribution in [0.5, 0.6) is 0 Å². The van der Waals surface area contributed by atoms with E-state index >= 15 is 0 Å². The van der Waals surface area contributed by atoms with E-state index in [0.29, 0.717) is 5.56 Å². The average molecular weight is 428 g/mol. The second-order valence-electron chi connectivity index (χ2n) is 6.10. The minimum atomic E-state index is -3.88. The van der Waals surface area contributed by atoms with Gasteiger partial charge in [0.15, 0.2) is 5.82 Å². The van der Waals surface area contributed by atoms with Crippen LogP contribution in [0.25, 0.3) is 0 Å². The smallest absolute Gasteiger partial charge is 0.263 e. The van der Waals surface area contributed by atoms with Gasteiger partial charge in [0.2, 0.25) is 0 Å². The fourth-order valence-corrected chi connectivity index (χ4v) is 4.40. The van der Waals surface area contributed by atoms with Crippen LogP contribution in [0.1, 0.15) is 16.7 Å². The van der Waals surface area contributed by atoms with Crippen LogP contribution < -0.4 is 4.72 Å². The normalized spacial score (nSPS) is 11.6. The third-order valence-electron chi connectivity index (χ3n) is 3.96. The van der Waals surface area contributed by atoms with Crippen molar-refractivity contribution >= 4 is 39.0 Å². The minimum Gasteiger partial charge on any atom is -0.264 e. The van der Waals surface area contributed by atoms with Gasteiger partial charge in [-0.05, 0) is 43.2 Å². The van der Waals surface area contributed by atoms with Gasteiger partial charge in [0.05, 0.1) is 11.4 Å². The van der Waals surface area contributed by atoms with Crippen LogP contribution in [0.2, 0.25) is 10.0 Å². The van der Waals surface area contributed by atoms with Gasteiger partial charge < -0.3 is 0 Å². The Balaban J connectivity index is 1.90. The number of halogens is 3. The highest BCUT2D eigenvalue weighted by atomic mass is 35.5. The fraction of sp³-hybridized carbons (Fsp3) is 0.167. The summed E-state index contributed by atoms with van der Waals surface area (Å²) in [7, 11) is -3.88. The first kappa shape index (κ1) is 19.7. The summed E-state index contributed by atoms with van der Waals surface area (Å²) >= 11 is 12.1. The zero-order valence-corrected chi connectivity index (χ0v) is 16.8. The predicted octanol–water partition coefficient (Wildman–Crippen LogP) is 4.79. The number of benzene rings is 2. The molecule has 0 saturated heterocycles. The highest BCUT2D eigenvalue weighted by molar-refractivity contribution is 7.92. The van der Waals surface area contributed by atoms with E-state index in [1.165, 1.54) is 23.0 Å². The van der Waals surface area contributed by atoms with Gasteiger partial charge in [-0.3, -0.25) is 9.40 Å². The summed E-state index contributed by atoms with van der Waals surface area (Å²) in [6.45, 7) is 3.52. The number of nitrogens with zero attached hydrogens (tertiary/aromatic N) is 2. The first-order valence-corrected chi connectivity index (χ1v) is 10.2. The summed E-state index contributed by atoms with van der Waals surface area (Å²) in [6, 6.07) is 9.48. The van der Waals surface area contributed by atoms with E-state index in [4.69, 9.17) is 23.2 Å². The Morgan fingerprint density at radius 2 is 1.89 bits per heavy atom. The van der Waals surface area contributed by atoms with E-state index in [9.17, 15) is 12.8 Å². The van der Waals surface area contributed by atoms with Gasteiger partial charge in [0, 0.05) is 16.8 Å². The number of aromatic nitrogens is 2. The molecule has 0 aliphatic heterocycles. The number of sulfonamides is 1. The van der Waals surface area contributed by atoms with E-state index in [2.05, 4.69) is 9.82 Å². The van der Waals surface area contributed by atoms with Crippen molar-refractivity contribution in [3.05, 3.63) is 75.1 Å². The highest BCUT2D eigenvalue weighted by Gasteiger charge is 2.21. The summed E-state index contributed by atoms with van der Waals surface area (Å²) in [5.41, 5.74) is 1.65. The quantitative estimate of drug-likeness (QED) is 0.635. The molecule has 2 aromatic carbocycles. The van der Waals surface area contributed by atoms with E-state index < -0.39 is 15.8 Å². The molecular weight excluding hydrogens is 412 g/mol. The van der Waals surface area contributed by atoms with Gasteiger partial charge in [-0.25, -0.2) is 12.8 Å². The molecule has 0 atom stereocenters. The van der Waals surface area contributed by atoms with Crippen LogP contribution in [0.3, 0.4) is 0 Å². The van der Waals surface area contributed by atoms with Crippen molar-refractivity contribution in [1.29, 1.82) is 0 Å². The van der Waals surface area contributed by atoms with Crippen LogP contribution >= 0.6 is 23.2 Å². The number of nitrogens with one attached hydrogen (secondary N) is 1. The fourth-order valence-electron chi connectivity index (χ4n) is 2.57. The molecule has 0 amide bonds. The summed E-state index contributed by atoms with van der Waals surface area (Å²) in [5, 5.41) is 4.46. The lowest BCUT2D eigenvalue weighted by Crippen LogP contribution is -2.15. The first-order chi connectivity index (χ1) is 12.7. The third kappa shape index (κ3) is 4.26. The molecule has 3 aromatic rings. The Bertz CT molecular complexity index is 1090. The van der Waals surface area contributed by atoms with Gasteiger partial charge in [-0.2, -0.15) is 5.10 Å². The van der Waals surface area contributed by atoms with Crippen molar-refractivity contribution in [1.82, 2.24) is 9.78 Å². The second kappa shape index (κ2) is 7.50. The Morgan fingerprint density at radius 1 is 1.15 bits per heavy atom. The molecule has 0 spiro atoms. The second-order valence-corrected chi connectivity index (χ2v) is 8.56. The van der Waals surface area contributed by atoms with Crippen LogP contribution in [-0.4, -0.2) is 18.2 Å². The van der Waals surface area contributed by atoms with Crippen LogP contribution in [0, 0.1) is 19.7 Å². The highest BCUT2D eigenvalue weighted by Crippen LogP contribution is 2.26. The molecule has 1 N–H and O–H groups in total. The maximum absolute atomic E-state index is 13.9. The molecule has 1 aromatic heterocycles. The Labute approximate surface area is 166 Å². The Kier molecular flexibility index (Phi) is 5.46. The molecule has 3 rings (SSSR count). The molecular formula is C18H16Cl2FN3O2S. The molecule has 0 aliphatic rings. The van der Waals surface area contributed by atoms with Gasteiger partial charge >= 0.3 is 0 Å². The average Bonchev–Trinajstić information content (AvgIpc) is 2.92. The molecule has 0 radical (unpaired) electrons. The molecule has 5 nitrogen and oxygen atoms in total. The monoisotopic (exact) mass is 427 g/mol. The van der Waals surface area contributed by atoms with Crippen LogP contribution in [0.4, 0.5) is 10.2 Å². The SMILES string of the molecule is Cc1ccc(C)c(S(=O)(=O)Nc2nn(Cc3c(F)cccc3Cl)cc2Cl)c1. The first-order valence-electron chi connectivity index (χ1n) is 7.93. The molecule has 1 heterocycles. The van der Waals surface area contributed by atoms with Gasteiger partial charge in [0.25, 0.3) is 10.0 Å². The number of hydrogen-bond acceptors (Lipinski definition) is 3. The standard InChI is InChI=1S/C18H16Cl2FN3O2S/c1-11-6-7-12(2)17(8-11)27(25,26)23-18-15(20)10-24(22-18)9-13-14(19)4-3-5-16(13)21/h3-8,10H,9H2,1-2H3,(H,22,23). The molecule has 0 saturated carbocycles. The lowest BCUT2D eigenvalue weighted by molar-refractivity contribution is 0.585. The Hall–Kier alpha value is -2.09. The number of aryl methyl sites for hydroxylation is 2. The number of anilines is 1. The summed E-state index contributed by atoms with van der Waals surface area (Å²) in [5.74, 6) is -0.517. The summed E-state index contributed by atoms with van der Waals surface area (Å²) < 4.78 is 43.1. The van der Waals surface area contributed by atoms with E-state index in [-0.39, 0.29) is 32.9 Å². The maximum atomic E-state index is 13.9. The molecule has 0 aliphatic carbocycles. The van der Waals surface area contributed by atoms with Crippen molar-refractivity contribution in [3.63, 3.8) is 0 Å². The zero-order chi connectivity index (χ0) is 19.8. The zero-order valence-electron chi connectivity index (χ0n) is 14.5. The van der Waals surface area contributed by atoms with Gasteiger partial charge in [-0.1, -0.05) is 41.4 Å². The topological polar surface area (TPSA) is 64.0 Å². The van der Waals surface area contributed by atoms with Gasteiger partial charge in [-0.15, -0.1) is 0 Å². The number of rotatable bonds is 5. The molecule has 0 fully saturated rings. The lowest BCUT2D eigenvalue weighted by atomic mass is 10.2. The third-order valence-corrected chi connectivity index (χ3v) is 6.07. The lowest BCUT2D eigenvalue weighted by Gasteiger charge is -2.10. The van der Waals surface area contributed by atoms with Crippen molar-refractivity contribution in [3.8, 4) is 0 Å². The largest absolute Gasteiger partial charge is 0.264 e. The summed E-state index contributed by atoms with van der Waals surface area (Å²) in [4.78, 5) is 0.144. The summed E-state index contributed by atoms with van der Waals surface area (Å²) in [6.07, 6.45) is 1.41. The molecule has 0 bridgehead atoms. The molecule has 0 unspecified atom stereocenters. The van der Waals surface area contributed by atoms with Crippen molar-refractivity contribution < 1.29 is 12.8 Å². The van der Waals surface area contributed by atoms with Crippen molar-refractivity contribution in [2.24, 2.45) is 0 Å². The van der Waals surface area contributed by atoms with E-state index in [1.54, 1.807) is 32.0 Å². The molecule has 9 heteroatoms. The Morgan fingerprint density at radius 3 is 2.59 bits per heavy atom. The molecule has 142 valence electrons. The van der Waals surface area contributed by atoms with Crippen LogP contribution in [-0.2, 0) is 16.6 Å². The predicted molar refractivity (Wildman–Crippen MR) is 104 cm³/mol. The van der Waals surface area contributed by atoms with Crippen LogP contribution in [0.15, 0.2) is 47.5 Å².